The summed E-state index contributed by atoms with van der Waals surface area (Å²) in [5.74, 6) is -0.0844. The van der Waals surface area contributed by atoms with Crippen molar-refractivity contribution in [1.29, 1.82) is 0 Å². The van der Waals surface area contributed by atoms with E-state index in [-0.39, 0.29) is 0 Å². The molecule has 0 saturated carbocycles. The molecular weight excluding hydrogens is 156 g/mol. The summed E-state index contributed by atoms with van der Waals surface area (Å²) in [6.45, 7) is 3.77. The van der Waals surface area contributed by atoms with E-state index in [0.29, 0.717) is 5.76 Å². The first-order valence-electron chi connectivity index (χ1n) is 3.77. The maximum atomic E-state index is 5.26. The van der Waals surface area contributed by atoms with Gasteiger partial charge in [0, 0.05) is 6.92 Å². The van der Waals surface area contributed by atoms with Crippen molar-refractivity contribution < 1.29 is 13.9 Å². The average Bonchev–Trinajstić information content (AvgIpc) is 2.59. The Labute approximate surface area is 70.6 Å². The Kier molecular flexibility index (Phi) is 1.40. The largest absolute Gasteiger partial charge is 0.461 e. The van der Waals surface area contributed by atoms with Crippen molar-refractivity contribution in [3.8, 4) is 0 Å². The van der Waals surface area contributed by atoms with Gasteiger partial charge < -0.3 is 13.9 Å². The van der Waals surface area contributed by atoms with Gasteiger partial charge in [0.15, 0.2) is 5.76 Å². The number of ether oxygens (including phenoxy) is 2. The molecule has 3 heteroatoms. The van der Waals surface area contributed by atoms with Crippen LogP contribution in [0.25, 0.3) is 0 Å². The van der Waals surface area contributed by atoms with Crippen LogP contribution >= 0.6 is 0 Å². The topological polar surface area (TPSA) is 31.6 Å². The molecule has 1 aromatic rings. The Balaban J connectivity index is 2.30. The Morgan fingerprint density at radius 2 is 1.92 bits per heavy atom. The Morgan fingerprint density at radius 1 is 1.25 bits per heavy atom. The van der Waals surface area contributed by atoms with Gasteiger partial charge in [0.25, 0.3) is 0 Å². The van der Waals surface area contributed by atoms with Crippen molar-refractivity contribution in [3.63, 3.8) is 0 Å². The van der Waals surface area contributed by atoms with E-state index in [9.17, 15) is 0 Å². The van der Waals surface area contributed by atoms with Crippen LogP contribution in [0.5, 0.6) is 0 Å². The van der Waals surface area contributed by atoms with E-state index < -0.39 is 5.79 Å². The second kappa shape index (κ2) is 2.30. The number of rotatable bonds is 1. The first-order chi connectivity index (χ1) is 5.71. The zero-order chi connectivity index (χ0) is 8.60. The van der Waals surface area contributed by atoms with Gasteiger partial charge in [-0.05, 0) is 18.6 Å². The predicted molar refractivity (Wildman–Crippen MR) is 42.1 cm³/mol. The summed E-state index contributed by atoms with van der Waals surface area (Å²) in [5, 5.41) is 0. The summed E-state index contributed by atoms with van der Waals surface area (Å²) in [5.41, 5.74) is 1.06. The predicted octanol–water partition coefficient (Wildman–Crippen LogP) is 2.28. The smallest absolute Gasteiger partial charge is 0.306 e. The van der Waals surface area contributed by atoms with Crippen LogP contribution in [-0.2, 0) is 15.3 Å². The molecule has 0 unspecified atom stereocenters. The fourth-order valence-electron chi connectivity index (χ4n) is 1.13. The van der Waals surface area contributed by atoms with Crippen LogP contribution < -0.4 is 0 Å². The van der Waals surface area contributed by atoms with Gasteiger partial charge in [-0.3, -0.25) is 0 Å². The van der Waals surface area contributed by atoms with Crippen molar-refractivity contribution in [3.05, 3.63) is 36.2 Å². The van der Waals surface area contributed by atoms with Crippen molar-refractivity contribution in [2.75, 3.05) is 0 Å². The lowest BCUT2D eigenvalue weighted by molar-refractivity contribution is -0.147. The van der Waals surface area contributed by atoms with E-state index in [1.165, 1.54) is 12.5 Å². The Hall–Kier alpha value is -1.38. The second-order valence-electron chi connectivity index (χ2n) is 2.94. The van der Waals surface area contributed by atoms with Crippen molar-refractivity contribution >= 4 is 0 Å². The highest BCUT2D eigenvalue weighted by Gasteiger charge is 2.35. The molecular formula is C9H10O3. The lowest BCUT2D eigenvalue weighted by Crippen LogP contribution is -2.21. The van der Waals surface area contributed by atoms with Gasteiger partial charge in [0.2, 0.25) is 0 Å². The summed E-state index contributed by atoms with van der Waals surface area (Å²) in [6.07, 6.45) is 4.70. The van der Waals surface area contributed by atoms with Crippen LogP contribution in [0.15, 0.2) is 29.3 Å². The molecule has 0 saturated heterocycles. The van der Waals surface area contributed by atoms with Gasteiger partial charge in [-0.25, -0.2) is 0 Å². The third-order valence-corrected chi connectivity index (χ3v) is 1.82. The molecule has 2 heterocycles. The molecule has 0 N–H and O–H groups in total. The minimum Gasteiger partial charge on any atom is -0.461 e. The fraction of sp³-hybridized carbons (Fsp3) is 0.333. The summed E-state index contributed by atoms with van der Waals surface area (Å²) < 4.78 is 15.7. The molecule has 0 atom stereocenters. The summed E-state index contributed by atoms with van der Waals surface area (Å²) >= 11 is 0. The van der Waals surface area contributed by atoms with Gasteiger partial charge in [-0.2, -0.15) is 0 Å². The zero-order valence-corrected chi connectivity index (χ0v) is 7.03. The molecule has 3 nitrogen and oxygen atoms in total. The van der Waals surface area contributed by atoms with E-state index in [2.05, 4.69) is 0 Å². The van der Waals surface area contributed by atoms with E-state index in [4.69, 9.17) is 13.9 Å². The molecule has 0 amide bonds. The van der Waals surface area contributed by atoms with E-state index >= 15 is 0 Å². The fourth-order valence-corrected chi connectivity index (χ4v) is 1.13. The molecule has 0 fully saturated rings. The number of hydrogen-bond acceptors (Lipinski definition) is 3. The van der Waals surface area contributed by atoms with Gasteiger partial charge in [0.05, 0.1) is 6.26 Å². The van der Waals surface area contributed by atoms with Crippen LogP contribution in [0.2, 0.25) is 0 Å². The highest BCUT2D eigenvalue weighted by atomic mass is 16.7. The lowest BCUT2D eigenvalue weighted by Gasteiger charge is -2.19. The lowest BCUT2D eigenvalue weighted by atomic mass is 10.2. The number of hydrogen-bond donors (Lipinski definition) is 0. The molecule has 0 radical (unpaired) electrons. The first-order valence-corrected chi connectivity index (χ1v) is 3.77. The monoisotopic (exact) mass is 166 g/mol. The zero-order valence-electron chi connectivity index (χ0n) is 7.03. The highest BCUT2D eigenvalue weighted by Crippen LogP contribution is 2.32. The molecule has 64 valence electrons. The third kappa shape index (κ3) is 0.978. The first kappa shape index (κ1) is 7.28. The molecule has 1 aromatic heterocycles. The van der Waals surface area contributed by atoms with Crippen molar-refractivity contribution in [1.82, 2.24) is 0 Å². The van der Waals surface area contributed by atoms with Crippen LogP contribution in [0.3, 0.4) is 0 Å². The van der Waals surface area contributed by atoms with Crippen molar-refractivity contribution in [2.24, 2.45) is 0 Å². The molecule has 1 aliphatic rings. The van der Waals surface area contributed by atoms with Crippen LogP contribution in [0, 0.1) is 6.92 Å². The van der Waals surface area contributed by atoms with Gasteiger partial charge in [0.1, 0.15) is 12.5 Å². The third-order valence-electron chi connectivity index (χ3n) is 1.82. The van der Waals surface area contributed by atoms with Crippen LogP contribution in [0.1, 0.15) is 18.2 Å². The minimum atomic E-state index is -0.770. The summed E-state index contributed by atoms with van der Waals surface area (Å²) in [4.78, 5) is 0. The molecule has 0 aliphatic carbocycles. The Morgan fingerprint density at radius 3 is 2.42 bits per heavy atom. The highest BCUT2D eigenvalue weighted by molar-refractivity contribution is 5.15. The summed E-state index contributed by atoms with van der Waals surface area (Å²) in [6, 6.07) is 1.90. The quantitative estimate of drug-likeness (QED) is 0.641. The maximum absolute atomic E-state index is 5.26. The normalized spacial score (nSPS) is 18.8. The maximum Gasteiger partial charge on any atom is 0.306 e. The molecule has 0 spiro atoms. The van der Waals surface area contributed by atoms with Crippen molar-refractivity contribution in [2.45, 2.75) is 19.6 Å². The number of aryl methyl sites for hydroxylation is 1. The molecule has 2 rings (SSSR count). The standard InChI is InChI=1S/C9H10O3/c1-7-5-8(10-6-7)9(2)11-3-4-12-9/h3-6H,1-2H3. The molecule has 0 bridgehead atoms. The van der Waals surface area contributed by atoms with E-state index in [0.717, 1.165) is 5.56 Å². The number of furan rings is 1. The minimum absolute atomic E-state index is 0.685. The van der Waals surface area contributed by atoms with Gasteiger partial charge in [-0.15, -0.1) is 0 Å². The summed E-state index contributed by atoms with van der Waals surface area (Å²) in [7, 11) is 0. The molecule has 0 aromatic carbocycles. The van der Waals surface area contributed by atoms with Crippen LogP contribution in [-0.4, -0.2) is 0 Å². The van der Waals surface area contributed by atoms with Gasteiger partial charge in [-0.1, -0.05) is 0 Å². The molecule has 12 heavy (non-hydrogen) atoms. The SMILES string of the molecule is Cc1coc(C2(C)OC=CO2)c1. The van der Waals surface area contributed by atoms with E-state index in [1.807, 2.05) is 19.9 Å². The molecule has 1 aliphatic heterocycles. The van der Waals surface area contributed by atoms with Gasteiger partial charge >= 0.3 is 5.79 Å². The second-order valence-corrected chi connectivity index (χ2v) is 2.94. The Bertz CT molecular complexity index is 303. The van der Waals surface area contributed by atoms with Crippen LogP contribution in [0.4, 0.5) is 0 Å². The van der Waals surface area contributed by atoms with E-state index in [1.54, 1.807) is 6.26 Å². The average molecular weight is 166 g/mol.